The van der Waals surface area contributed by atoms with Crippen LogP contribution in [0.25, 0.3) is 0 Å². The van der Waals surface area contributed by atoms with E-state index < -0.39 is 5.41 Å². The van der Waals surface area contributed by atoms with Crippen LogP contribution in [0.3, 0.4) is 0 Å². The molecule has 2 bridgehead atoms. The fourth-order valence-electron chi connectivity index (χ4n) is 2.60. The largest absolute Gasteiger partial charge is 0.359 e. The molecule has 2 heterocycles. The molecule has 0 aromatic heterocycles. The predicted octanol–water partition coefficient (Wildman–Crippen LogP) is 2.68. The second-order valence-electron chi connectivity index (χ2n) is 5.73. The molecule has 17 heavy (non-hydrogen) atoms. The number of ketones is 1. The molecule has 92 valence electrons. The van der Waals surface area contributed by atoms with E-state index in [0.29, 0.717) is 12.5 Å². The summed E-state index contributed by atoms with van der Waals surface area (Å²) in [5.41, 5.74) is -0.449. The molecule has 0 aromatic rings. The molecule has 1 saturated carbocycles. The van der Waals surface area contributed by atoms with Gasteiger partial charge in [0.15, 0.2) is 11.9 Å². The summed E-state index contributed by atoms with van der Waals surface area (Å²) < 4.78 is 5.76. The highest BCUT2D eigenvalue weighted by Crippen LogP contribution is 2.47. The molecule has 3 heteroatoms. The molecule has 2 saturated heterocycles. The van der Waals surface area contributed by atoms with Crippen molar-refractivity contribution in [1.82, 2.24) is 0 Å². The molecule has 2 aliphatic heterocycles. The van der Waals surface area contributed by atoms with Gasteiger partial charge in [-0.05, 0) is 31.6 Å². The lowest BCUT2D eigenvalue weighted by atomic mass is 9.69. The van der Waals surface area contributed by atoms with E-state index in [1.807, 2.05) is 13.8 Å². The third kappa shape index (κ3) is 2.11. The van der Waals surface area contributed by atoms with Crippen LogP contribution in [0.2, 0.25) is 0 Å². The number of nitrogens with zero attached hydrogens (tertiary/aromatic N) is 1. The zero-order valence-corrected chi connectivity index (χ0v) is 10.5. The van der Waals surface area contributed by atoms with Gasteiger partial charge in [0.25, 0.3) is 0 Å². The van der Waals surface area contributed by atoms with E-state index in [0.717, 1.165) is 19.3 Å². The maximum atomic E-state index is 12.4. The summed E-state index contributed by atoms with van der Waals surface area (Å²) in [7, 11) is 0. The van der Waals surface area contributed by atoms with E-state index in [9.17, 15) is 4.79 Å². The molecule has 0 amide bonds. The van der Waals surface area contributed by atoms with Crippen LogP contribution in [0.1, 0.15) is 39.5 Å². The minimum absolute atomic E-state index is 0.0341. The number of rotatable bonds is 3. The molecule has 3 nitrogen and oxygen atoms in total. The van der Waals surface area contributed by atoms with Crippen LogP contribution >= 0.6 is 0 Å². The number of fused-ring (bicyclic) bond motifs is 3. The Balaban J connectivity index is 2.12. The van der Waals surface area contributed by atoms with Gasteiger partial charge in [-0.1, -0.05) is 20.8 Å². The van der Waals surface area contributed by atoms with Crippen molar-refractivity contribution in [1.29, 1.82) is 5.26 Å². The third-order valence-electron chi connectivity index (χ3n) is 4.07. The first-order valence-corrected chi connectivity index (χ1v) is 6.26. The summed E-state index contributed by atoms with van der Waals surface area (Å²) in [6, 6.07) is 2.29. The summed E-state index contributed by atoms with van der Waals surface area (Å²) in [6.45, 7) is 7.64. The van der Waals surface area contributed by atoms with Gasteiger partial charge in [-0.15, -0.1) is 0 Å². The third-order valence-corrected chi connectivity index (χ3v) is 4.07. The van der Waals surface area contributed by atoms with Gasteiger partial charge < -0.3 is 4.74 Å². The maximum Gasteiger partial charge on any atom is 0.173 e. The molecule has 0 N–H and O–H groups in total. The van der Waals surface area contributed by atoms with Crippen LogP contribution in [0, 0.1) is 41.6 Å². The minimum Gasteiger partial charge on any atom is -0.359 e. The van der Waals surface area contributed by atoms with E-state index in [1.54, 1.807) is 0 Å². The Morgan fingerprint density at radius 2 is 2.29 bits per heavy atom. The van der Waals surface area contributed by atoms with Gasteiger partial charge in [-0.25, -0.2) is 0 Å². The number of nitriles is 1. The molecular weight excluding hydrogens is 214 g/mol. The number of hydrogen-bond acceptors (Lipinski definition) is 3. The fraction of sp³-hybridized carbons (Fsp3) is 0.714. The first-order valence-electron chi connectivity index (χ1n) is 6.26. The molecule has 0 spiro atoms. The van der Waals surface area contributed by atoms with Crippen LogP contribution in [0.4, 0.5) is 0 Å². The van der Waals surface area contributed by atoms with Crippen molar-refractivity contribution in [3.05, 3.63) is 13.0 Å². The predicted molar refractivity (Wildman–Crippen MR) is 63.3 cm³/mol. The monoisotopic (exact) mass is 233 g/mol. The Hall–Kier alpha value is -0.880. The first kappa shape index (κ1) is 12.6. The Bertz CT molecular complexity index is 356. The van der Waals surface area contributed by atoms with Crippen LogP contribution in [0.15, 0.2) is 0 Å². The van der Waals surface area contributed by atoms with Crippen molar-refractivity contribution in [2.75, 3.05) is 0 Å². The summed E-state index contributed by atoms with van der Waals surface area (Å²) in [4.78, 5) is 12.4. The van der Waals surface area contributed by atoms with Crippen molar-refractivity contribution in [2.45, 2.75) is 45.6 Å². The first-order chi connectivity index (χ1) is 7.99. The SMILES string of the molecule is [CH2]CC(C)(C)C(=O)[C]1OC2CCC1CC2C#N. The maximum absolute atomic E-state index is 12.4. The smallest absolute Gasteiger partial charge is 0.173 e. The lowest BCUT2D eigenvalue weighted by molar-refractivity contribution is -0.146. The topological polar surface area (TPSA) is 50.1 Å². The van der Waals surface area contributed by atoms with E-state index in [1.165, 1.54) is 0 Å². The highest BCUT2D eigenvalue weighted by atomic mass is 16.5. The van der Waals surface area contributed by atoms with Gasteiger partial charge in [0.2, 0.25) is 0 Å². The van der Waals surface area contributed by atoms with E-state index in [2.05, 4.69) is 13.0 Å². The van der Waals surface area contributed by atoms with Crippen LogP contribution in [-0.4, -0.2) is 11.9 Å². The second-order valence-corrected chi connectivity index (χ2v) is 5.73. The number of Topliss-reactive ketones (excluding diaryl/α,β-unsaturated/α-hetero) is 1. The van der Waals surface area contributed by atoms with E-state index >= 15 is 0 Å². The van der Waals surface area contributed by atoms with Crippen molar-refractivity contribution < 1.29 is 9.53 Å². The van der Waals surface area contributed by atoms with Gasteiger partial charge >= 0.3 is 0 Å². The summed E-state index contributed by atoms with van der Waals surface area (Å²) in [5.74, 6) is 0.203. The summed E-state index contributed by atoms with van der Waals surface area (Å²) in [6.07, 6.45) is 3.79. The number of hydrogen-bond donors (Lipinski definition) is 0. The average Bonchev–Trinajstić information content (AvgIpc) is 2.38. The Morgan fingerprint density at radius 1 is 1.59 bits per heavy atom. The van der Waals surface area contributed by atoms with Crippen molar-refractivity contribution in [2.24, 2.45) is 17.3 Å². The average molecular weight is 233 g/mol. The highest BCUT2D eigenvalue weighted by Gasteiger charge is 2.49. The van der Waals surface area contributed by atoms with Crippen LogP contribution in [-0.2, 0) is 9.53 Å². The molecular formula is C14H19NO2. The number of carbonyl (C=O) groups excluding carboxylic acids is 1. The second kappa shape index (κ2) is 4.42. The summed E-state index contributed by atoms with van der Waals surface area (Å²) in [5, 5.41) is 9.01. The number of ether oxygens (including phenoxy) is 1. The Morgan fingerprint density at radius 3 is 2.76 bits per heavy atom. The van der Waals surface area contributed by atoms with Gasteiger partial charge in [-0.2, -0.15) is 5.26 Å². The van der Waals surface area contributed by atoms with Gasteiger partial charge in [-0.3, -0.25) is 4.79 Å². The van der Waals surface area contributed by atoms with Crippen LogP contribution in [0.5, 0.6) is 0 Å². The highest BCUT2D eigenvalue weighted by molar-refractivity contribution is 5.95. The normalized spacial score (nSPS) is 33.4. The van der Waals surface area contributed by atoms with E-state index in [4.69, 9.17) is 10.00 Å². The lowest BCUT2D eigenvalue weighted by Crippen LogP contribution is -2.47. The van der Waals surface area contributed by atoms with Gasteiger partial charge in [0, 0.05) is 5.41 Å². The molecule has 2 radical (unpaired) electrons. The fourth-order valence-corrected chi connectivity index (χ4v) is 2.60. The molecule has 1 aliphatic carbocycles. The van der Waals surface area contributed by atoms with Crippen molar-refractivity contribution in [3.63, 3.8) is 0 Å². The minimum atomic E-state index is -0.449. The van der Waals surface area contributed by atoms with Crippen molar-refractivity contribution in [3.8, 4) is 6.07 Å². The molecule has 3 rings (SSSR count). The van der Waals surface area contributed by atoms with Crippen LogP contribution < -0.4 is 0 Å². The Labute approximate surface area is 103 Å². The summed E-state index contributed by atoms with van der Waals surface area (Å²) >= 11 is 0. The molecule has 3 atom stereocenters. The Kier molecular flexibility index (Phi) is 3.27. The van der Waals surface area contributed by atoms with Gasteiger partial charge in [0.05, 0.1) is 18.1 Å². The molecule has 3 unspecified atom stereocenters. The van der Waals surface area contributed by atoms with Gasteiger partial charge in [0.1, 0.15) is 0 Å². The molecule has 3 fully saturated rings. The van der Waals surface area contributed by atoms with Crippen molar-refractivity contribution >= 4 is 5.78 Å². The zero-order chi connectivity index (χ0) is 12.6. The zero-order valence-electron chi connectivity index (χ0n) is 10.5. The lowest BCUT2D eigenvalue weighted by Gasteiger charge is -2.45. The standard InChI is InChI=1S/C14H19NO2/c1-4-14(2,3)13(16)12-9-5-6-11(17-12)10(7-9)8-15/h9-11H,1,4-7H2,2-3H3. The molecule has 0 aromatic carbocycles. The number of carbonyl (C=O) groups is 1. The quantitative estimate of drug-likeness (QED) is 0.753. The van der Waals surface area contributed by atoms with E-state index in [-0.39, 0.29) is 23.7 Å². The molecule has 3 aliphatic rings.